The Morgan fingerprint density at radius 3 is 2.53 bits per heavy atom. The molecule has 0 heterocycles. The maximum absolute atomic E-state index is 11.8. The van der Waals surface area contributed by atoms with Crippen LogP contribution in [0.5, 0.6) is 0 Å². The summed E-state index contributed by atoms with van der Waals surface area (Å²) in [5, 5.41) is 11.6. The number of hydrogen-bond acceptors (Lipinski definition) is 3. The Morgan fingerprint density at radius 2 is 2.05 bits per heavy atom. The van der Waals surface area contributed by atoms with Crippen molar-refractivity contribution in [3.63, 3.8) is 0 Å². The Hall–Kier alpha value is -1.59. The predicted octanol–water partition coefficient (Wildman–Crippen LogP) is 2.79. The molecule has 0 aliphatic carbocycles. The topological polar surface area (TPSA) is 75.6 Å². The molecule has 0 unspecified atom stereocenters. The zero-order chi connectivity index (χ0) is 14.6. The second-order valence-corrected chi connectivity index (χ2v) is 5.10. The second kappa shape index (κ2) is 6.04. The first kappa shape index (κ1) is 15.5. The van der Waals surface area contributed by atoms with Crippen LogP contribution in [0.2, 0.25) is 5.02 Å². The Kier molecular flexibility index (Phi) is 4.91. The van der Waals surface area contributed by atoms with Gasteiger partial charge in [-0.15, -0.1) is 0 Å². The van der Waals surface area contributed by atoms with Crippen molar-refractivity contribution in [3.05, 3.63) is 28.8 Å². The van der Waals surface area contributed by atoms with Gasteiger partial charge in [-0.25, -0.2) is 4.79 Å². The van der Waals surface area contributed by atoms with Crippen LogP contribution in [0.4, 0.5) is 5.69 Å². The number of benzene rings is 1. The van der Waals surface area contributed by atoms with E-state index in [2.05, 4.69) is 5.32 Å². The van der Waals surface area contributed by atoms with E-state index in [1.54, 1.807) is 13.8 Å². The smallest absolute Gasteiger partial charge is 0.337 e. The number of carbonyl (C=O) groups is 2. The largest absolute Gasteiger partial charge is 0.478 e. The van der Waals surface area contributed by atoms with Crippen molar-refractivity contribution in [2.45, 2.75) is 25.9 Å². The summed E-state index contributed by atoms with van der Waals surface area (Å²) in [7, 11) is 1.53. The van der Waals surface area contributed by atoms with Crippen molar-refractivity contribution in [3.8, 4) is 0 Å². The average Bonchev–Trinajstić information content (AvgIpc) is 2.27. The highest BCUT2D eigenvalue weighted by atomic mass is 35.5. The van der Waals surface area contributed by atoms with E-state index in [1.807, 2.05) is 0 Å². The molecule has 0 saturated carbocycles. The monoisotopic (exact) mass is 285 g/mol. The third-order valence-electron chi connectivity index (χ3n) is 2.62. The molecule has 0 fully saturated rings. The summed E-state index contributed by atoms with van der Waals surface area (Å²) in [5.41, 5.74) is -0.113. The number of carboxylic acid groups (broad SMARTS) is 1. The van der Waals surface area contributed by atoms with Gasteiger partial charge in [0.1, 0.15) is 0 Å². The molecule has 0 atom stereocenters. The number of halogens is 1. The van der Waals surface area contributed by atoms with Gasteiger partial charge in [0.15, 0.2) is 0 Å². The molecule has 0 radical (unpaired) electrons. The van der Waals surface area contributed by atoms with E-state index >= 15 is 0 Å². The summed E-state index contributed by atoms with van der Waals surface area (Å²) in [5.74, 6) is -1.34. The van der Waals surface area contributed by atoms with Crippen molar-refractivity contribution < 1.29 is 19.4 Å². The van der Waals surface area contributed by atoms with Gasteiger partial charge >= 0.3 is 5.97 Å². The van der Waals surface area contributed by atoms with Crippen LogP contribution in [-0.4, -0.2) is 29.7 Å². The SMILES string of the molecule is COC(C)(C)CC(=O)Nc1ccc(C(=O)O)c(Cl)c1. The Balaban J connectivity index is 2.76. The summed E-state index contributed by atoms with van der Waals surface area (Å²) >= 11 is 5.81. The van der Waals surface area contributed by atoms with Crippen molar-refractivity contribution in [2.24, 2.45) is 0 Å². The molecule has 0 spiro atoms. The number of rotatable bonds is 5. The summed E-state index contributed by atoms with van der Waals surface area (Å²) in [6.07, 6.45) is 0.182. The van der Waals surface area contributed by atoms with Gasteiger partial charge in [0.05, 0.1) is 22.6 Å². The van der Waals surface area contributed by atoms with Crippen molar-refractivity contribution in [1.82, 2.24) is 0 Å². The molecule has 2 N–H and O–H groups in total. The number of anilines is 1. The molecule has 0 bridgehead atoms. The quantitative estimate of drug-likeness (QED) is 0.872. The zero-order valence-corrected chi connectivity index (χ0v) is 11.7. The predicted molar refractivity (Wildman–Crippen MR) is 72.7 cm³/mol. The molecule has 104 valence electrons. The highest BCUT2D eigenvalue weighted by Crippen LogP contribution is 2.22. The number of carbonyl (C=O) groups excluding carboxylic acids is 1. The van der Waals surface area contributed by atoms with Crippen LogP contribution in [0.3, 0.4) is 0 Å². The van der Waals surface area contributed by atoms with Gasteiger partial charge in [-0.3, -0.25) is 4.79 Å². The fourth-order valence-corrected chi connectivity index (χ4v) is 1.69. The molecular formula is C13H16ClNO4. The van der Waals surface area contributed by atoms with Crippen LogP contribution in [0, 0.1) is 0 Å². The number of hydrogen-bond donors (Lipinski definition) is 2. The molecule has 1 amide bonds. The maximum Gasteiger partial charge on any atom is 0.337 e. The number of carboxylic acids is 1. The third kappa shape index (κ3) is 4.54. The Bertz CT molecular complexity index is 499. The molecule has 0 saturated heterocycles. The van der Waals surface area contributed by atoms with E-state index in [-0.39, 0.29) is 22.9 Å². The van der Waals surface area contributed by atoms with Crippen LogP contribution in [-0.2, 0) is 9.53 Å². The molecule has 0 aliphatic heterocycles. The molecule has 0 aliphatic rings. The van der Waals surface area contributed by atoms with Gasteiger partial charge in [-0.1, -0.05) is 11.6 Å². The lowest BCUT2D eigenvalue weighted by molar-refractivity contribution is -0.121. The first-order valence-corrected chi connectivity index (χ1v) is 6.01. The molecule has 6 heteroatoms. The molecular weight excluding hydrogens is 270 g/mol. The summed E-state index contributed by atoms with van der Waals surface area (Å²) in [6, 6.07) is 4.25. The number of ether oxygens (including phenoxy) is 1. The van der Waals surface area contributed by atoms with Crippen LogP contribution < -0.4 is 5.32 Å². The van der Waals surface area contributed by atoms with E-state index in [9.17, 15) is 9.59 Å². The van der Waals surface area contributed by atoms with Gasteiger partial charge in [-0.05, 0) is 32.0 Å². The van der Waals surface area contributed by atoms with Crippen LogP contribution in [0.15, 0.2) is 18.2 Å². The van der Waals surface area contributed by atoms with Gasteiger partial charge in [0.25, 0.3) is 0 Å². The van der Waals surface area contributed by atoms with Crippen LogP contribution in [0.25, 0.3) is 0 Å². The van der Waals surface area contributed by atoms with E-state index in [0.717, 1.165) is 0 Å². The highest BCUT2D eigenvalue weighted by Gasteiger charge is 2.21. The van der Waals surface area contributed by atoms with Crippen molar-refractivity contribution in [1.29, 1.82) is 0 Å². The fraction of sp³-hybridized carbons (Fsp3) is 0.385. The zero-order valence-electron chi connectivity index (χ0n) is 11.0. The number of methoxy groups -OCH3 is 1. The number of nitrogens with one attached hydrogen (secondary N) is 1. The average molecular weight is 286 g/mol. The van der Waals surface area contributed by atoms with Crippen molar-refractivity contribution >= 4 is 29.2 Å². The maximum atomic E-state index is 11.8. The molecule has 1 aromatic rings. The van der Waals surface area contributed by atoms with Gasteiger partial charge in [-0.2, -0.15) is 0 Å². The summed E-state index contributed by atoms with van der Waals surface area (Å²) in [4.78, 5) is 22.6. The van der Waals surface area contributed by atoms with E-state index < -0.39 is 11.6 Å². The molecule has 19 heavy (non-hydrogen) atoms. The minimum Gasteiger partial charge on any atom is -0.478 e. The lowest BCUT2D eigenvalue weighted by atomic mass is 10.0. The standard InChI is InChI=1S/C13H16ClNO4/c1-13(2,19-3)7-11(16)15-8-4-5-9(12(17)18)10(14)6-8/h4-6H,7H2,1-3H3,(H,15,16)(H,17,18). The lowest BCUT2D eigenvalue weighted by Gasteiger charge is -2.21. The fourth-order valence-electron chi connectivity index (χ4n) is 1.43. The highest BCUT2D eigenvalue weighted by molar-refractivity contribution is 6.33. The molecule has 5 nitrogen and oxygen atoms in total. The van der Waals surface area contributed by atoms with Gasteiger partial charge in [0, 0.05) is 12.8 Å². The second-order valence-electron chi connectivity index (χ2n) is 4.69. The molecule has 1 aromatic carbocycles. The van der Waals surface area contributed by atoms with E-state index in [1.165, 1.54) is 25.3 Å². The number of aromatic carboxylic acids is 1. The van der Waals surface area contributed by atoms with Crippen LogP contribution in [0.1, 0.15) is 30.6 Å². The van der Waals surface area contributed by atoms with Gasteiger partial charge in [0.2, 0.25) is 5.91 Å². The van der Waals surface area contributed by atoms with E-state index in [4.69, 9.17) is 21.4 Å². The number of amides is 1. The summed E-state index contributed by atoms with van der Waals surface area (Å²) < 4.78 is 5.16. The van der Waals surface area contributed by atoms with Crippen molar-refractivity contribution in [2.75, 3.05) is 12.4 Å². The van der Waals surface area contributed by atoms with Crippen LogP contribution >= 0.6 is 11.6 Å². The van der Waals surface area contributed by atoms with Gasteiger partial charge < -0.3 is 15.2 Å². The minimum atomic E-state index is -1.11. The summed E-state index contributed by atoms with van der Waals surface area (Å²) in [6.45, 7) is 3.60. The first-order chi connectivity index (χ1) is 8.75. The Morgan fingerprint density at radius 1 is 1.42 bits per heavy atom. The third-order valence-corrected chi connectivity index (χ3v) is 2.93. The molecule has 0 aromatic heterocycles. The molecule has 1 rings (SSSR count). The minimum absolute atomic E-state index is 0.00288. The normalized spacial score (nSPS) is 11.2. The lowest BCUT2D eigenvalue weighted by Crippen LogP contribution is -2.29. The Labute approximate surface area is 116 Å². The first-order valence-electron chi connectivity index (χ1n) is 5.63. The van der Waals surface area contributed by atoms with E-state index in [0.29, 0.717) is 5.69 Å².